The Kier molecular flexibility index (Phi) is 4.29. The lowest BCUT2D eigenvalue weighted by atomic mass is 10.1. The zero-order valence-corrected chi connectivity index (χ0v) is 10.2. The first-order chi connectivity index (χ1) is 8.25. The Morgan fingerprint density at radius 3 is 2.76 bits per heavy atom. The first kappa shape index (κ1) is 12.3. The Balaban J connectivity index is 1.85. The van der Waals surface area contributed by atoms with E-state index in [1.54, 1.807) is 30.5 Å². The van der Waals surface area contributed by atoms with Crippen molar-refractivity contribution in [1.82, 2.24) is 0 Å². The number of aliphatic hydroxyl groups is 1. The topological polar surface area (TPSA) is 38.7 Å². The Labute approximate surface area is 106 Å². The highest BCUT2D eigenvalue weighted by Crippen LogP contribution is 2.19. The number of hydrogen-bond acceptors (Lipinski definition) is 3. The first-order valence-corrected chi connectivity index (χ1v) is 6.00. The lowest BCUT2D eigenvalue weighted by molar-refractivity contribution is 0.118. The van der Waals surface area contributed by atoms with Crippen LogP contribution < -0.4 is 4.74 Å². The molecule has 3 nitrogen and oxygen atoms in total. The molecule has 0 aromatic heterocycles. The zero-order chi connectivity index (χ0) is 12.1. The van der Waals surface area contributed by atoms with Gasteiger partial charge in [-0.25, -0.2) is 0 Å². The molecule has 0 aliphatic carbocycles. The van der Waals surface area contributed by atoms with E-state index in [-0.39, 0.29) is 6.61 Å². The highest BCUT2D eigenvalue weighted by molar-refractivity contribution is 6.30. The van der Waals surface area contributed by atoms with E-state index in [4.69, 9.17) is 21.1 Å². The number of benzene rings is 1. The molecule has 2 rings (SSSR count). The van der Waals surface area contributed by atoms with Gasteiger partial charge in [-0.2, -0.15) is 0 Å². The maximum atomic E-state index is 9.89. The second-order valence-electron chi connectivity index (χ2n) is 3.95. The van der Waals surface area contributed by atoms with E-state index in [2.05, 4.69) is 0 Å². The summed E-state index contributed by atoms with van der Waals surface area (Å²) in [5, 5.41) is 10.6. The normalized spacial score (nSPS) is 16.9. The zero-order valence-electron chi connectivity index (χ0n) is 9.43. The number of halogens is 1. The molecule has 0 amide bonds. The quantitative estimate of drug-likeness (QED) is 0.898. The summed E-state index contributed by atoms with van der Waals surface area (Å²) < 4.78 is 10.6. The Bertz CT molecular complexity index is 386. The summed E-state index contributed by atoms with van der Waals surface area (Å²) in [6.07, 6.45) is 2.85. The highest BCUT2D eigenvalue weighted by Gasteiger charge is 2.14. The second-order valence-corrected chi connectivity index (χ2v) is 4.38. The van der Waals surface area contributed by atoms with Gasteiger partial charge in [-0.05, 0) is 42.7 Å². The maximum Gasteiger partial charge on any atom is 0.119 e. The van der Waals surface area contributed by atoms with Gasteiger partial charge in [0.25, 0.3) is 0 Å². The monoisotopic (exact) mass is 254 g/mol. The highest BCUT2D eigenvalue weighted by atomic mass is 35.5. The van der Waals surface area contributed by atoms with Crippen LogP contribution in [0.15, 0.2) is 36.1 Å². The van der Waals surface area contributed by atoms with Crippen molar-refractivity contribution in [2.45, 2.75) is 18.9 Å². The maximum absolute atomic E-state index is 9.89. The van der Waals surface area contributed by atoms with Gasteiger partial charge in [-0.1, -0.05) is 11.6 Å². The van der Waals surface area contributed by atoms with E-state index in [1.807, 2.05) is 0 Å². The Hall–Kier alpha value is -1.19. The van der Waals surface area contributed by atoms with Gasteiger partial charge in [0.1, 0.15) is 18.5 Å². The summed E-state index contributed by atoms with van der Waals surface area (Å²) in [7, 11) is 0. The smallest absolute Gasteiger partial charge is 0.119 e. The van der Waals surface area contributed by atoms with Crippen molar-refractivity contribution >= 4 is 11.6 Å². The number of rotatable bonds is 4. The predicted molar refractivity (Wildman–Crippen MR) is 66.2 cm³/mol. The van der Waals surface area contributed by atoms with E-state index in [0.717, 1.165) is 25.0 Å². The van der Waals surface area contributed by atoms with Gasteiger partial charge in [-0.15, -0.1) is 0 Å². The Morgan fingerprint density at radius 2 is 2.12 bits per heavy atom. The van der Waals surface area contributed by atoms with Crippen molar-refractivity contribution in [1.29, 1.82) is 0 Å². The van der Waals surface area contributed by atoms with Gasteiger partial charge in [0.05, 0.1) is 12.9 Å². The van der Waals surface area contributed by atoms with Gasteiger partial charge in [0.2, 0.25) is 0 Å². The SMILES string of the molecule is OC(COc1ccc(Cl)cc1)C1=COCCC1. The van der Waals surface area contributed by atoms with E-state index in [0.29, 0.717) is 10.8 Å². The molecule has 0 spiro atoms. The largest absolute Gasteiger partial charge is 0.501 e. The van der Waals surface area contributed by atoms with E-state index >= 15 is 0 Å². The van der Waals surface area contributed by atoms with Crippen molar-refractivity contribution in [3.05, 3.63) is 41.1 Å². The van der Waals surface area contributed by atoms with Gasteiger partial charge in [-0.3, -0.25) is 0 Å². The fourth-order valence-electron chi connectivity index (χ4n) is 1.64. The van der Waals surface area contributed by atoms with Crippen LogP contribution in [-0.4, -0.2) is 24.4 Å². The molecular weight excluding hydrogens is 240 g/mol. The van der Waals surface area contributed by atoms with Crippen molar-refractivity contribution < 1.29 is 14.6 Å². The standard InChI is InChI=1S/C13H15ClO3/c14-11-3-5-12(6-4-11)17-9-13(15)10-2-1-7-16-8-10/h3-6,8,13,15H,1-2,7,9H2. The molecule has 0 bridgehead atoms. The number of hydrogen-bond donors (Lipinski definition) is 1. The third-order valence-electron chi connectivity index (χ3n) is 2.61. The predicted octanol–water partition coefficient (Wildman–Crippen LogP) is 2.77. The van der Waals surface area contributed by atoms with Crippen LogP contribution in [-0.2, 0) is 4.74 Å². The molecule has 1 heterocycles. The summed E-state index contributed by atoms with van der Waals surface area (Å²) in [6, 6.07) is 7.07. The molecule has 0 saturated heterocycles. The average molecular weight is 255 g/mol. The van der Waals surface area contributed by atoms with Crippen LogP contribution in [0.3, 0.4) is 0 Å². The molecular formula is C13H15ClO3. The molecule has 1 atom stereocenters. The van der Waals surface area contributed by atoms with Crippen molar-refractivity contribution in [2.24, 2.45) is 0 Å². The first-order valence-electron chi connectivity index (χ1n) is 5.62. The number of aliphatic hydroxyl groups excluding tert-OH is 1. The van der Waals surface area contributed by atoms with Crippen molar-refractivity contribution in [3.63, 3.8) is 0 Å². The molecule has 4 heteroatoms. The second kappa shape index (κ2) is 5.94. The molecule has 1 aliphatic rings. The average Bonchev–Trinajstić information content (AvgIpc) is 2.39. The lowest BCUT2D eigenvalue weighted by Gasteiger charge is -2.19. The van der Waals surface area contributed by atoms with Crippen LogP contribution in [0, 0.1) is 0 Å². The third kappa shape index (κ3) is 3.65. The van der Waals surface area contributed by atoms with Crippen LogP contribution in [0.5, 0.6) is 5.75 Å². The molecule has 92 valence electrons. The minimum Gasteiger partial charge on any atom is -0.501 e. The molecule has 0 fully saturated rings. The summed E-state index contributed by atoms with van der Waals surface area (Å²) in [5.74, 6) is 0.700. The van der Waals surface area contributed by atoms with Crippen LogP contribution >= 0.6 is 11.6 Å². The summed E-state index contributed by atoms with van der Waals surface area (Å²) in [5.41, 5.74) is 0.894. The molecule has 1 aliphatic heterocycles. The van der Waals surface area contributed by atoms with Gasteiger partial charge >= 0.3 is 0 Å². The fourth-order valence-corrected chi connectivity index (χ4v) is 1.77. The lowest BCUT2D eigenvalue weighted by Crippen LogP contribution is -2.22. The molecule has 0 radical (unpaired) electrons. The van der Waals surface area contributed by atoms with Gasteiger partial charge < -0.3 is 14.6 Å². The molecule has 1 aromatic carbocycles. The van der Waals surface area contributed by atoms with Crippen LogP contribution in [0.4, 0.5) is 0 Å². The van der Waals surface area contributed by atoms with Crippen LogP contribution in [0.2, 0.25) is 5.02 Å². The fraction of sp³-hybridized carbons (Fsp3) is 0.385. The minimum atomic E-state index is -0.606. The number of ether oxygens (including phenoxy) is 2. The Morgan fingerprint density at radius 1 is 1.35 bits per heavy atom. The van der Waals surface area contributed by atoms with E-state index < -0.39 is 6.10 Å². The summed E-state index contributed by atoms with van der Waals surface area (Å²) in [6.45, 7) is 0.963. The minimum absolute atomic E-state index is 0.233. The summed E-state index contributed by atoms with van der Waals surface area (Å²) >= 11 is 5.77. The van der Waals surface area contributed by atoms with Crippen molar-refractivity contribution in [2.75, 3.05) is 13.2 Å². The van der Waals surface area contributed by atoms with Gasteiger partial charge in [0.15, 0.2) is 0 Å². The molecule has 0 saturated carbocycles. The van der Waals surface area contributed by atoms with Crippen LogP contribution in [0.1, 0.15) is 12.8 Å². The molecule has 17 heavy (non-hydrogen) atoms. The van der Waals surface area contributed by atoms with Crippen LogP contribution in [0.25, 0.3) is 0 Å². The van der Waals surface area contributed by atoms with E-state index in [1.165, 1.54) is 0 Å². The van der Waals surface area contributed by atoms with Gasteiger partial charge in [0, 0.05) is 5.02 Å². The molecule has 1 unspecified atom stereocenters. The molecule has 1 aromatic rings. The van der Waals surface area contributed by atoms with Crippen molar-refractivity contribution in [3.8, 4) is 5.75 Å². The van der Waals surface area contributed by atoms with E-state index in [9.17, 15) is 5.11 Å². The summed E-state index contributed by atoms with van der Waals surface area (Å²) in [4.78, 5) is 0. The third-order valence-corrected chi connectivity index (χ3v) is 2.86. The molecule has 1 N–H and O–H groups in total.